The van der Waals surface area contributed by atoms with Gasteiger partial charge in [-0.25, -0.2) is 0 Å². The highest BCUT2D eigenvalue weighted by Crippen LogP contribution is 2.27. The van der Waals surface area contributed by atoms with Gasteiger partial charge in [-0.15, -0.1) is 0 Å². The Hall–Kier alpha value is -3.50. The van der Waals surface area contributed by atoms with Crippen molar-refractivity contribution in [3.63, 3.8) is 0 Å². The van der Waals surface area contributed by atoms with Crippen molar-refractivity contribution in [2.45, 2.75) is 0 Å². The van der Waals surface area contributed by atoms with E-state index in [4.69, 9.17) is 0 Å². The van der Waals surface area contributed by atoms with Crippen molar-refractivity contribution in [1.29, 1.82) is 0 Å². The van der Waals surface area contributed by atoms with E-state index in [9.17, 15) is 9.59 Å². The van der Waals surface area contributed by atoms with Crippen molar-refractivity contribution >= 4 is 62.0 Å². The number of hydrogen-bond donors (Lipinski definition) is 2. The molecule has 0 saturated heterocycles. The van der Waals surface area contributed by atoms with E-state index in [1.807, 2.05) is 97.1 Å². The summed E-state index contributed by atoms with van der Waals surface area (Å²) in [5, 5.41) is 8.96. The van der Waals surface area contributed by atoms with E-state index < -0.39 is 8.56 Å². The Morgan fingerprint density at radius 2 is 0.645 bits per heavy atom. The molecule has 0 aliphatic rings. The van der Waals surface area contributed by atoms with Gasteiger partial charge >= 0.3 is 8.56 Å². The Bertz CT molecular complexity index is 1390. The van der Waals surface area contributed by atoms with Crippen LogP contribution in [-0.4, -0.2) is 18.2 Å². The van der Waals surface area contributed by atoms with Crippen molar-refractivity contribution in [3.05, 3.63) is 109 Å². The molecular formula is C28H20O2Si. The van der Waals surface area contributed by atoms with Gasteiger partial charge in [-0.05, 0) is 55.2 Å². The second kappa shape index (κ2) is 6.76. The van der Waals surface area contributed by atoms with Gasteiger partial charge in [-0.1, -0.05) is 97.1 Å². The molecule has 0 bridgehead atoms. The molecule has 2 nitrogen and oxygen atoms in total. The lowest BCUT2D eigenvalue weighted by Gasteiger charge is -2.26. The van der Waals surface area contributed by atoms with Gasteiger partial charge < -0.3 is 9.59 Å². The Labute approximate surface area is 180 Å². The molecule has 0 atom stereocenters. The minimum Gasteiger partial charge on any atom is -0.404 e. The van der Waals surface area contributed by atoms with Crippen LogP contribution in [0.3, 0.4) is 0 Å². The zero-order valence-electron chi connectivity index (χ0n) is 16.8. The normalized spacial score (nSPS) is 12.2. The lowest BCUT2D eigenvalue weighted by Crippen LogP contribution is -2.60. The van der Waals surface area contributed by atoms with Crippen LogP contribution in [0.2, 0.25) is 0 Å². The zero-order chi connectivity index (χ0) is 21.0. The highest BCUT2D eigenvalue weighted by atomic mass is 28.4. The van der Waals surface area contributed by atoms with Gasteiger partial charge in [0, 0.05) is 10.4 Å². The van der Waals surface area contributed by atoms with Gasteiger partial charge in [0.1, 0.15) is 0 Å². The first-order valence-corrected chi connectivity index (χ1v) is 12.3. The third kappa shape index (κ3) is 2.72. The molecule has 0 amide bonds. The van der Waals surface area contributed by atoms with Crippen LogP contribution in [0.4, 0.5) is 0 Å². The van der Waals surface area contributed by atoms with E-state index >= 15 is 0 Å². The van der Waals surface area contributed by atoms with E-state index in [2.05, 4.69) is 12.1 Å². The minimum atomic E-state index is -4.11. The van der Waals surface area contributed by atoms with Gasteiger partial charge in [-0.2, -0.15) is 0 Å². The van der Waals surface area contributed by atoms with Crippen LogP contribution in [0.5, 0.6) is 0 Å². The second-order valence-electron chi connectivity index (χ2n) is 8.06. The predicted molar refractivity (Wildman–Crippen MR) is 132 cm³/mol. The van der Waals surface area contributed by atoms with Gasteiger partial charge in [0.15, 0.2) is 0 Å². The lowest BCUT2D eigenvalue weighted by molar-refractivity contribution is 0.403. The summed E-state index contributed by atoms with van der Waals surface area (Å²) in [5.41, 5.74) is 0. The summed E-state index contributed by atoms with van der Waals surface area (Å²) in [4.78, 5) is 24.3. The molecule has 148 valence electrons. The minimum absolute atomic E-state index is 0.655. The topological polar surface area (TPSA) is 40.5 Å². The third-order valence-electron chi connectivity index (χ3n) is 6.24. The monoisotopic (exact) mass is 416 g/mol. The molecule has 31 heavy (non-hydrogen) atoms. The molecule has 0 aromatic heterocycles. The number of fused-ring (bicyclic) bond motifs is 4. The third-order valence-corrected chi connectivity index (χ3v) is 8.71. The highest BCUT2D eigenvalue weighted by molar-refractivity contribution is 6.96. The van der Waals surface area contributed by atoms with Crippen LogP contribution >= 0.6 is 0 Å². The molecule has 0 aliphatic heterocycles. The zero-order valence-corrected chi connectivity index (χ0v) is 17.8. The lowest BCUT2D eigenvalue weighted by atomic mass is 10.0. The molecule has 6 aromatic carbocycles. The molecule has 0 spiro atoms. The first kappa shape index (κ1) is 18.3. The molecular weight excluding hydrogens is 396 g/mol. The van der Waals surface area contributed by atoms with Crippen molar-refractivity contribution in [1.82, 2.24) is 0 Å². The summed E-state index contributed by atoms with van der Waals surface area (Å²) < 4.78 is 0. The maximum Gasteiger partial charge on any atom is 0.404 e. The largest absolute Gasteiger partial charge is 0.404 e. The van der Waals surface area contributed by atoms with Gasteiger partial charge in [0.05, 0.1) is 0 Å². The smallest absolute Gasteiger partial charge is 0.404 e. The van der Waals surface area contributed by atoms with E-state index in [0.717, 1.165) is 43.1 Å². The Morgan fingerprint density at radius 3 is 0.935 bits per heavy atom. The maximum atomic E-state index is 12.1. The summed E-state index contributed by atoms with van der Waals surface area (Å²) >= 11 is 0. The number of rotatable bonds is 2. The molecule has 0 saturated carbocycles. The molecule has 0 aliphatic carbocycles. The summed E-state index contributed by atoms with van der Waals surface area (Å²) in [5.74, 6) is 0. The molecule has 6 aromatic rings. The van der Waals surface area contributed by atoms with Crippen LogP contribution < -0.4 is 10.4 Å². The van der Waals surface area contributed by atoms with E-state index in [1.54, 1.807) is 0 Å². The van der Waals surface area contributed by atoms with Crippen LogP contribution in [0.1, 0.15) is 0 Å². The maximum absolute atomic E-state index is 12.1. The molecule has 0 unspecified atom stereocenters. The van der Waals surface area contributed by atoms with E-state index in [1.165, 1.54) is 0 Å². The van der Waals surface area contributed by atoms with E-state index in [0.29, 0.717) is 10.4 Å². The van der Waals surface area contributed by atoms with Crippen molar-refractivity contribution in [3.8, 4) is 0 Å². The standard InChI is InChI=1S/C28H20O2Si/c29-31(30,27-23-13-5-1-9-19(23)17-20-10-2-6-14-24(20)27)28-25-15-7-3-11-21(25)18-22-12-4-8-16-26(22)28/h1-18,29-30H. The van der Waals surface area contributed by atoms with Crippen molar-refractivity contribution < 1.29 is 9.59 Å². The molecule has 0 radical (unpaired) electrons. The fraction of sp³-hybridized carbons (Fsp3) is 0. The fourth-order valence-corrected chi connectivity index (χ4v) is 7.57. The van der Waals surface area contributed by atoms with Gasteiger partial charge in [0.25, 0.3) is 0 Å². The van der Waals surface area contributed by atoms with Crippen molar-refractivity contribution in [2.75, 3.05) is 0 Å². The Kier molecular flexibility index (Phi) is 3.98. The SMILES string of the molecule is O[Si](O)(c1c2ccccc2cc2ccccc12)c1c2ccccc2cc2ccccc12. The first-order valence-electron chi connectivity index (χ1n) is 10.4. The molecule has 2 N–H and O–H groups in total. The Morgan fingerprint density at radius 1 is 0.387 bits per heavy atom. The molecule has 3 heteroatoms. The molecule has 0 fully saturated rings. The quantitative estimate of drug-likeness (QED) is 0.313. The van der Waals surface area contributed by atoms with Crippen LogP contribution in [0, 0.1) is 0 Å². The summed E-state index contributed by atoms with van der Waals surface area (Å²) in [7, 11) is -4.11. The molecule has 0 heterocycles. The summed E-state index contributed by atoms with van der Waals surface area (Å²) in [6, 6.07) is 36.2. The van der Waals surface area contributed by atoms with Crippen LogP contribution in [-0.2, 0) is 0 Å². The average molecular weight is 417 g/mol. The predicted octanol–water partition coefficient (Wildman–Crippen LogP) is 4.84. The number of hydrogen-bond acceptors (Lipinski definition) is 2. The van der Waals surface area contributed by atoms with Gasteiger partial charge in [0.2, 0.25) is 0 Å². The second-order valence-corrected chi connectivity index (χ2v) is 10.4. The fourth-order valence-electron chi connectivity index (χ4n) is 4.90. The average Bonchev–Trinajstić information content (AvgIpc) is 2.80. The van der Waals surface area contributed by atoms with Crippen LogP contribution in [0.25, 0.3) is 43.1 Å². The van der Waals surface area contributed by atoms with E-state index in [-0.39, 0.29) is 0 Å². The molecule has 6 rings (SSSR count). The summed E-state index contributed by atoms with van der Waals surface area (Å²) in [6.45, 7) is 0. The number of benzene rings is 6. The van der Waals surface area contributed by atoms with Crippen LogP contribution in [0.15, 0.2) is 109 Å². The Balaban J connectivity index is 1.83. The van der Waals surface area contributed by atoms with Gasteiger partial charge in [-0.3, -0.25) is 0 Å². The van der Waals surface area contributed by atoms with Crippen molar-refractivity contribution in [2.24, 2.45) is 0 Å². The first-order chi connectivity index (χ1) is 15.1. The summed E-state index contributed by atoms with van der Waals surface area (Å²) in [6.07, 6.45) is 0. The highest BCUT2D eigenvalue weighted by Gasteiger charge is 2.40.